The summed E-state index contributed by atoms with van der Waals surface area (Å²) in [5, 5.41) is 3.22. The lowest BCUT2D eigenvalue weighted by Crippen LogP contribution is -2.08. The van der Waals surface area contributed by atoms with Crippen LogP contribution in [0.25, 0.3) is 22.2 Å². The minimum absolute atomic E-state index is 0.0220. The predicted octanol–water partition coefficient (Wildman–Crippen LogP) is 5.97. The second-order valence-electron chi connectivity index (χ2n) is 6.90. The SMILES string of the molecule is CCC(=O)c1cc(-c2nccc3c(Nc4ccc(F)c(C(F)(F)F)c4)c(N)oc23)ccn1. The largest absolute Gasteiger partial charge is 0.436 e. The molecular weight excluding hydrogens is 428 g/mol. The second-order valence-corrected chi connectivity index (χ2v) is 6.90. The predicted molar refractivity (Wildman–Crippen MR) is 111 cm³/mol. The summed E-state index contributed by atoms with van der Waals surface area (Å²) in [6.07, 6.45) is -1.61. The van der Waals surface area contributed by atoms with Crippen LogP contribution >= 0.6 is 0 Å². The Kier molecular flexibility index (Phi) is 5.29. The van der Waals surface area contributed by atoms with Gasteiger partial charge in [0.05, 0.1) is 10.9 Å². The van der Waals surface area contributed by atoms with Crippen molar-refractivity contribution >= 4 is 34.0 Å². The van der Waals surface area contributed by atoms with E-state index >= 15 is 0 Å². The number of alkyl halides is 3. The summed E-state index contributed by atoms with van der Waals surface area (Å²) in [4.78, 5) is 20.4. The van der Waals surface area contributed by atoms with Crippen LogP contribution in [0, 0.1) is 5.82 Å². The lowest BCUT2D eigenvalue weighted by molar-refractivity contribution is -0.139. The maximum absolute atomic E-state index is 13.6. The van der Waals surface area contributed by atoms with Gasteiger partial charge in [-0.2, -0.15) is 13.2 Å². The Morgan fingerprint density at radius 1 is 1.12 bits per heavy atom. The van der Waals surface area contributed by atoms with Gasteiger partial charge in [0.25, 0.3) is 0 Å². The van der Waals surface area contributed by atoms with Gasteiger partial charge in [-0.3, -0.25) is 14.8 Å². The summed E-state index contributed by atoms with van der Waals surface area (Å²) >= 11 is 0. The molecule has 0 saturated carbocycles. The molecule has 4 rings (SSSR count). The summed E-state index contributed by atoms with van der Waals surface area (Å²) < 4.78 is 58.4. The van der Waals surface area contributed by atoms with Crippen LogP contribution in [0.15, 0.2) is 53.2 Å². The first-order valence-corrected chi connectivity index (χ1v) is 9.49. The molecule has 0 bridgehead atoms. The maximum Gasteiger partial charge on any atom is 0.419 e. The lowest BCUT2D eigenvalue weighted by Gasteiger charge is -2.11. The third-order valence-corrected chi connectivity index (χ3v) is 4.81. The zero-order valence-electron chi connectivity index (χ0n) is 16.6. The normalized spacial score (nSPS) is 11.7. The number of fused-ring (bicyclic) bond motifs is 1. The van der Waals surface area contributed by atoms with Gasteiger partial charge >= 0.3 is 6.18 Å². The second kappa shape index (κ2) is 7.95. The molecule has 0 aliphatic heterocycles. The molecule has 0 aliphatic carbocycles. The van der Waals surface area contributed by atoms with Crippen molar-refractivity contribution in [2.24, 2.45) is 0 Å². The summed E-state index contributed by atoms with van der Waals surface area (Å²) in [7, 11) is 0. The molecule has 0 atom stereocenters. The van der Waals surface area contributed by atoms with Gasteiger partial charge in [-0.25, -0.2) is 4.39 Å². The highest BCUT2D eigenvalue weighted by molar-refractivity contribution is 6.04. The minimum Gasteiger partial charge on any atom is -0.436 e. The Bertz CT molecular complexity index is 1330. The highest BCUT2D eigenvalue weighted by atomic mass is 19.4. The van der Waals surface area contributed by atoms with Crippen molar-refractivity contribution in [3.05, 3.63) is 65.9 Å². The minimum atomic E-state index is -4.85. The van der Waals surface area contributed by atoms with Crippen molar-refractivity contribution in [1.82, 2.24) is 9.97 Å². The number of hydrogen-bond acceptors (Lipinski definition) is 6. The zero-order chi connectivity index (χ0) is 23.0. The summed E-state index contributed by atoms with van der Waals surface area (Å²) in [5.41, 5.74) is 6.25. The third kappa shape index (κ3) is 3.86. The lowest BCUT2D eigenvalue weighted by atomic mass is 10.1. The van der Waals surface area contributed by atoms with Crippen LogP contribution in [0.4, 0.5) is 34.8 Å². The number of nitrogens with two attached hydrogens (primary N) is 1. The van der Waals surface area contributed by atoms with Crippen molar-refractivity contribution in [2.45, 2.75) is 19.5 Å². The quantitative estimate of drug-likeness (QED) is 0.291. The zero-order valence-corrected chi connectivity index (χ0v) is 16.6. The molecule has 0 radical (unpaired) electrons. The van der Waals surface area contributed by atoms with Crippen molar-refractivity contribution in [3.63, 3.8) is 0 Å². The van der Waals surface area contributed by atoms with Crippen LogP contribution in [0.5, 0.6) is 0 Å². The number of ketones is 1. The number of halogens is 4. The Morgan fingerprint density at radius 3 is 2.59 bits per heavy atom. The van der Waals surface area contributed by atoms with E-state index in [1.807, 2.05) is 0 Å². The van der Waals surface area contributed by atoms with E-state index < -0.39 is 17.6 Å². The third-order valence-electron chi connectivity index (χ3n) is 4.81. The number of benzene rings is 1. The van der Waals surface area contributed by atoms with Crippen LogP contribution in [-0.2, 0) is 6.18 Å². The van der Waals surface area contributed by atoms with Crippen molar-refractivity contribution < 1.29 is 26.8 Å². The Morgan fingerprint density at radius 2 is 1.88 bits per heavy atom. The molecule has 10 heteroatoms. The van der Waals surface area contributed by atoms with Gasteiger partial charge in [0, 0.05) is 30.1 Å². The molecule has 4 aromatic rings. The standard InChI is InChI=1S/C22H16F4N4O2/c1-2-17(31)16-9-11(5-7-28-16)18-20-13(6-8-29-18)19(21(27)32-20)30-12-3-4-15(23)14(10-12)22(24,25)26/h3-10,30H,2,27H2,1H3. The molecule has 0 amide bonds. The molecule has 164 valence electrons. The number of aromatic nitrogens is 2. The number of carbonyl (C=O) groups is 1. The number of Topliss-reactive ketones (excluding diaryl/α,β-unsaturated/α-hetero) is 1. The molecule has 3 heterocycles. The Labute approximate surface area is 179 Å². The number of nitrogens with one attached hydrogen (secondary N) is 1. The number of nitrogens with zero attached hydrogens (tertiary/aromatic N) is 2. The van der Waals surface area contributed by atoms with Crippen LogP contribution in [0.3, 0.4) is 0 Å². The monoisotopic (exact) mass is 444 g/mol. The number of rotatable bonds is 5. The topological polar surface area (TPSA) is 94.0 Å². The smallest absolute Gasteiger partial charge is 0.419 e. The summed E-state index contributed by atoms with van der Waals surface area (Å²) in [6.45, 7) is 1.72. The van der Waals surface area contributed by atoms with Gasteiger partial charge in [-0.1, -0.05) is 6.92 Å². The van der Waals surface area contributed by atoms with Gasteiger partial charge in [0.2, 0.25) is 5.88 Å². The molecule has 0 saturated heterocycles. The van der Waals surface area contributed by atoms with E-state index in [0.29, 0.717) is 22.7 Å². The van der Waals surface area contributed by atoms with Gasteiger partial charge in [-0.15, -0.1) is 0 Å². The van der Waals surface area contributed by atoms with E-state index in [1.54, 1.807) is 25.1 Å². The number of carbonyl (C=O) groups excluding carboxylic acids is 1. The molecule has 1 aromatic carbocycles. The van der Waals surface area contributed by atoms with E-state index in [4.69, 9.17) is 10.2 Å². The van der Waals surface area contributed by atoms with E-state index in [2.05, 4.69) is 15.3 Å². The molecule has 0 spiro atoms. The van der Waals surface area contributed by atoms with E-state index in [0.717, 1.165) is 12.1 Å². The van der Waals surface area contributed by atoms with Crippen LogP contribution in [-0.4, -0.2) is 15.8 Å². The number of hydrogen-bond donors (Lipinski definition) is 2. The fourth-order valence-electron chi connectivity index (χ4n) is 3.25. The molecule has 3 aromatic heterocycles. The maximum atomic E-state index is 13.6. The van der Waals surface area contributed by atoms with E-state index in [1.165, 1.54) is 12.4 Å². The molecule has 0 unspecified atom stereocenters. The number of furan rings is 1. The van der Waals surface area contributed by atoms with Crippen molar-refractivity contribution in [3.8, 4) is 11.3 Å². The molecule has 0 fully saturated rings. The van der Waals surface area contributed by atoms with Gasteiger partial charge < -0.3 is 15.5 Å². The molecule has 3 N–H and O–H groups in total. The van der Waals surface area contributed by atoms with Gasteiger partial charge in [-0.05, 0) is 36.4 Å². The first-order valence-electron chi connectivity index (χ1n) is 9.49. The first kappa shape index (κ1) is 21.3. The molecule has 0 aliphatic rings. The van der Waals surface area contributed by atoms with Crippen molar-refractivity contribution in [2.75, 3.05) is 11.1 Å². The molecule has 32 heavy (non-hydrogen) atoms. The number of nitrogen functional groups attached to an aromatic ring is 1. The van der Waals surface area contributed by atoms with Crippen LogP contribution < -0.4 is 11.1 Å². The highest BCUT2D eigenvalue weighted by Crippen LogP contribution is 2.40. The summed E-state index contributed by atoms with van der Waals surface area (Å²) in [5.74, 6) is -1.61. The molecular formula is C22H16F4N4O2. The van der Waals surface area contributed by atoms with Crippen LogP contribution in [0.2, 0.25) is 0 Å². The van der Waals surface area contributed by atoms with E-state index in [-0.39, 0.29) is 40.7 Å². The van der Waals surface area contributed by atoms with Gasteiger partial charge in [0.15, 0.2) is 11.4 Å². The number of anilines is 3. The number of pyridine rings is 2. The van der Waals surface area contributed by atoms with Crippen LogP contribution in [0.1, 0.15) is 29.4 Å². The van der Waals surface area contributed by atoms with Gasteiger partial charge in [0.1, 0.15) is 22.9 Å². The summed E-state index contributed by atoms with van der Waals surface area (Å²) in [6, 6.07) is 7.34. The molecule has 6 nitrogen and oxygen atoms in total. The average Bonchev–Trinajstić information content (AvgIpc) is 3.08. The average molecular weight is 444 g/mol. The highest BCUT2D eigenvalue weighted by Gasteiger charge is 2.34. The Hall–Kier alpha value is -3.95. The fourth-order valence-corrected chi connectivity index (χ4v) is 3.25. The fraction of sp³-hybridized carbons (Fsp3) is 0.136. The van der Waals surface area contributed by atoms with Crippen molar-refractivity contribution in [1.29, 1.82) is 0 Å². The van der Waals surface area contributed by atoms with E-state index in [9.17, 15) is 22.4 Å². The Balaban J connectivity index is 1.79. The first-order chi connectivity index (χ1) is 15.2.